The minimum Gasteiger partial charge on any atom is -0.351 e. The molecule has 2 N–H and O–H groups in total. The van der Waals surface area contributed by atoms with Crippen LogP contribution in [0.5, 0.6) is 0 Å². The van der Waals surface area contributed by atoms with Crippen LogP contribution in [0.3, 0.4) is 0 Å². The molecule has 0 aliphatic heterocycles. The van der Waals surface area contributed by atoms with Crippen molar-refractivity contribution in [2.45, 2.75) is 67.8 Å². The summed E-state index contributed by atoms with van der Waals surface area (Å²) in [5.74, 6) is 3.63. The van der Waals surface area contributed by atoms with Crippen molar-refractivity contribution in [3.8, 4) is 0 Å². The first-order chi connectivity index (χ1) is 12.6. The Bertz CT molecular complexity index is 677. The summed E-state index contributed by atoms with van der Waals surface area (Å²) in [4.78, 5) is 14.4. The molecule has 0 atom stereocenters. The van der Waals surface area contributed by atoms with Crippen LogP contribution in [0.4, 0.5) is 0 Å². The van der Waals surface area contributed by atoms with Crippen LogP contribution >= 0.6 is 27.9 Å². The SMILES string of the molecule is O=C(NC1C2CC3CC(C2)CC1C3)C1(NSc2ccccc2Br)CCC1. The van der Waals surface area contributed by atoms with Crippen molar-refractivity contribution in [1.29, 1.82) is 0 Å². The first kappa shape index (κ1) is 17.6. The first-order valence-corrected chi connectivity index (χ1v) is 11.7. The maximum atomic E-state index is 13.2. The van der Waals surface area contributed by atoms with Gasteiger partial charge in [0.15, 0.2) is 0 Å². The highest BCUT2D eigenvalue weighted by Crippen LogP contribution is 2.54. The summed E-state index contributed by atoms with van der Waals surface area (Å²) >= 11 is 5.19. The number of carbonyl (C=O) groups is 1. The fourth-order valence-corrected chi connectivity index (χ4v) is 7.48. The number of carbonyl (C=O) groups excluding carboxylic acids is 1. The summed E-state index contributed by atoms with van der Waals surface area (Å²) < 4.78 is 4.61. The van der Waals surface area contributed by atoms with Gasteiger partial charge < -0.3 is 5.32 Å². The zero-order valence-electron chi connectivity index (χ0n) is 15.0. The molecule has 5 saturated carbocycles. The second-order valence-electron chi connectivity index (χ2n) is 9.00. The summed E-state index contributed by atoms with van der Waals surface area (Å²) in [6.07, 6.45) is 9.90. The van der Waals surface area contributed by atoms with Crippen LogP contribution in [0, 0.1) is 23.7 Å². The summed E-state index contributed by atoms with van der Waals surface area (Å²) in [5, 5.41) is 3.53. The summed E-state index contributed by atoms with van der Waals surface area (Å²) in [6.45, 7) is 0. The van der Waals surface area contributed by atoms with E-state index < -0.39 is 0 Å². The number of hydrogen-bond donors (Lipinski definition) is 2. The minimum absolute atomic E-state index is 0.251. The lowest BCUT2D eigenvalue weighted by molar-refractivity contribution is -0.134. The Morgan fingerprint density at radius 3 is 2.27 bits per heavy atom. The molecule has 5 heteroatoms. The Balaban J connectivity index is 1.26. The van der Waals surface area contributed by atoms with Gasteiger partial charge in [-0.1, -0.05) is 12.1 Å². The highest BCUT2D eigenvalue weighted by molar-refractivity contribution is 9.10. The molecule has 0 radical (unpaired) electrons. The third-order valence-corrected chi connectivity index (χ3v) is 9.38. The van der Waals surface area contributed by atoms with Gasteiger partial charge >= 0.3 is 0 Å². The molecule has 0 aromatic heterocycles. The lowest BCUT2D eigenvalue weighted by Crippen LogP contribution is -2.64. The first-order valence-electron chi connectivity index (χ1n) is 10.1. The number of hydrogen-bond acceptors (Lipinski definition) is 3. The third kappa shape index (κ3) is 3.04. The van der Waals surface area contributed by atoms with Gasteiger partial charge in [0.1, 0.15) is 5.54 Å². The Morgan fingerprint density at radius 1 is 1.04 bits per heavy atom. The fraction of sp³-hybridized carbons (Fsp3) is 0.667. The molecule has 5 fully saturated rings. The van der Waals surface area contributed by atoms with E-state index in [4.69, 9.17) is 0 Å². The Kier molecular flexibility index (Phi) is 4.61. The molecular formula is C21H27BrN2OS. The van der Waals surface area contributed by atoms with Crippen molar-refractivity contribution < 1.29 is 4.79 Å². The van der Waals surface area contributed by atoms with Crippen LogP contribution in [-0.2, 0) is 4.79 Å². The van der Waals surface area contributed by atoms with Crippen molar-refractivity contribution >= 4 is 33.8 Å². The zero-order valence-corrected chi connectivity index (χ0v) is 17.4. The molecule has 26 heavy (non-hydrogen) atoms. The lowest BCUT2D eigenvalue weighted by Gasteiger charge is -2.55. The van der Waals surface area contributed by atoms with Crippen LogP contribution in [0.2, 0.25) is 0 Å². The van der Waals surface area contributed by atoms with E-state index in [1.165, 1.54) is 32.1 Å². The molecule has 5 aliphatic carbocycles. The van der Waals surface area contributed by atoms with Gasteiger partial charge in [0.25, 0.3) is 0 Å². The normalized spacial score (nSPS) is 36.6. The van der Waals surface area contributed by atoms with E-state index in [9.17, 15) is 4.79 Å². The van der Waals surface area contributed by atoms with E-state index in [0.717, 1.165) is 52.3 Å². The molecule has 0 heterocycles. The number of rotatable bonds is 5. The fourth-order valence-electron chi connectivity index (χ4n) is 6.04. The molecule has 4 bridgehead atoms. The standard InChI is InChI=1S/C21H27BrN2OS/c22-17-4-1-2-5-18(17)26-24-21(6-3-7-21)20(25)23-19-15-9-13-8-14(11-15)12-16(19)10-13/h1-2,4-5,13-16,19,24H,3,6-12H2,(H,23,25). The number of amides is 1. The van der Waals surface area contributed by atoms with Gasteiger partial charge in [-0.25, -0.2) is 4.72 Å². The van der Waals surface area contributed by atoms with Gasteiger partial charge in [0.05, 0.1) is 0 Å². The predicted molar refractivity (Wildman–Crippen MR) is 109 cm³/mol. The monoisotopic (exact) mass is 434 g/mol. The van der Waals surface area contributed by atoms with E-state index in [1.807, 2.05) is 18.2 Å². The maximum absolute atomic E-state index is 13.2. The van der Waals surface area contributed by atoms with E-state index in [2.05, 4.69) is 32.0 Å². The highest BCUT2D eigenvalue weighted by atomic mass is 79.9. The second kappa shape index (κ2) is 6.82. The quantitative estimate of drug-likeness (QED) is 0.646. The summed E-state index contributed by atoms with van der Waals surface area (Å²) in [7, 11) is 0. The van der Waals surface area contributed by atoms with E-state index in [1.54, 1.807) is 11.9 Å². The van der Waals surface area contributed by atoms with Crippen molar-refractivity contribution in [3.05, 3.63) is 28.7 Å². The largest absolute Gasteiger partial charge is 0.351 e. The molecule has 1 aromatic rings. The second-order valence-corrected chi connectivity index (χ2v) is 10.7. The predicted octanol–water partition coefficient (Wildman–Crippen LogP) is 4.91. The Labute approximate surface area is 168 Å². The Morgan fingerprint density at radius 2 is 1.69 bits per heavy atom. The minimum atomic E-state index is -0.380. The average Bonchev–Trinajstić information content (AvgIpc) is 2.58. The average molecular weight is 435 g/mol. The molecule has 140 valence electrons. The van der Waals surface area contributed by atoms with Gasteiger partial charge in [0, 0.05) is 15.4 Å². The van der Waals surface area contributed by atoms with E-state index in [-0.39, 0.29) is 11.4 Å². The highest BCUT2D eigenvalue weighted by Gasteiger charge is 2.51. The van der Waals surface area contributed by atoms with Crippen molar-refractivity contribution in [2.75, 3.05) is 0 Å². The smallest absolute Gasteiger partial charge is 0.241 e. The van der Waals surface area contributed by atoms with Crippen LogP contribution in [0.25, 0.3) is 0 Å². The van der Waals surface area contributed by atoms with Crippen LogP contribution < -0.4 is 10.0 Å². The van der Waals surface area contributed by atoms with Crippen molar-refractivity contribution in [1.82, 2.24) is 10.0 Å². The van der Waals surface area contributed by atoms with Crippen LogP contribution in [0.15, 0.2) is 33.6 Å². The molecule has 0 spiro atoms. The zero-order chi connectivity index (χ0) is 17.7. The van der Waals surface area contributed by atoms with Crippen molar-refractivity contribution in [3.63, 3.8) is 0 Å². The molecule has 1 aromatic carbocycles. The molecule has 6 rings (SSSR count). The van der Waals surface area contributed by atoms with Gasteiger partial charge in [-0.05, 0) is 115 Å². The van der Waals surface area contributed by atoms with Crippen LogP contribution in [0.1, 0.15) is 51.4 Å². The molecule has 3 nitrogen and oxygen atoms in total. The molecule has 0 saturated heterocycles. The third-order valence-electron chi connectivity index (χ3n) is 7.36. The van der Waals surface area contributed by atoms with Crippen LogP contribution in [-0.4, -0.2) is 17.5 Å². The molecule has 5 aliphatic rings. The van der Waals surface area contributed by atoms with Gasteiger partial charge in [-0.3, -0.25) is 4.79 Å². The summed E-state index contributed by atoms with van der Waals surface area (Å²) in [6, 6.07) is 8.63. The van der Waals surface area contributed by atoms with Gasteiger partial charge in [-0.2, -0.15) is 0 Å². The number of halogens is 1. The van der Waals surface area contributed by atoms with E-state index in [0.29, 0.717) is 6.04 Å². The molecule has 0 unspecified atom stereocenters. The number of nitrogens with one attached hydrogen (secondary N) is 2. The Hall–Kier alpha value is -0.520. The van der Waals surface area contributed by atoms with Crippen molar-refractivity contribution in [2.24, 2.45) is 23.7 Å². The topological polar surface area (TPSA) is 41.1 Å². The lowest BCUT2D eigenvalue weighted by atomic mass is 9.54. The molecule has 1 amide bonds. The van der Waals surface area contributed by atoms with Gasteiger partial charge in [0.2, 0.25) is 5.91 Å². The maximum Gasteiger partial charge on any atom is 0.241 e. The summed E-state index contributed by atoms with van der Waals surface area (Å²) in [5.41, 5.74) is -0.380. The van der Waals surface area contributed by atoms with E-state index >= 15 is 0 Å². The number of benzene rings is 1. The van der Waals surface area contributed by atoms with Gasteiger partial charge in [-0.15, -0.1) is 0 Å². The molecular weight excluding hydrogens is 408 g/mol.